The van der Waals surface area contributed by atoms with Crippen LogP contribution in [0.2, 0.25) is 0 Å². The van der Waals surface area contributed by atoms with Crippen molar-refractivity contribution in [2.75, 3.05) is 0 Å². The summed E-state index contributed by atoms with van der Waals surface area (Å²) in [7, 11) is 0. The molecule has 4 heterocycles. The van der Waals surface area contributed by atoms with Crippen LogP contribution in [-0.4, -0.2) is 16.2 Å². The molecule has 1 aliphatic heterocycles. The molecule has 6 nitrogen and oxygen atoms in total. The van der Waals surface area contributed by atoms with Crippen LogP contribution >= 0.6 is 0 Å². The number of rotatable bonds is 5. The number of nitrogens with zero attached hydrogens (tertiary/aromatic N) is 3. The second-order valence-corrected chi connectivity index (χ2v) is 15.8. The van der Waals surface area contributed by atoms with Crippen molar-refractivity contribution in [3.05, 3.63) is 211 Å². The lowest BCUT2D eigenvalue weighted by Gasteiger charge is -2.24. The van der Waals surface area contributed by atoms with Crippen LogP contribution < -0.4 is 5.32 Å². The lowest BCUT2D eigenvalue weighted by Crippen LogP contribution is -2.33. The smallest absolute Gasteiger partial charge is 0.159 e. The highest BCUT2D eigenvalue weighted by Crippen LogP contribution is 2.40. The maximum atomic E-state index is 6.73. The van der Waals surface area contributed by atoms with E-state index < -0.39 is 6.17 Å². The monoisotopic (exact) mass is 782 g/mol. The number of nitrogens with one attached hydrogen (secondary N) is 1. The highest BCUT2D eigenvalue weighted by molar-refractivity contribution is 6.23. The van der Waals surface area contributed by atoms with Gasteiger partial charge >= 0.3 is 0 Å². The van der Waals surface area contributed by atoms with Crippen LogP contribution in [0.3, 0.4) is 0 Å². The van der Waals surface area contributed by atoms with E-state index in [1.165, 1.54) is 27.1 Å². The zero-order valence-corrected chi connectivity index (χ0v) is 32.7. The number of benzene rings is 9. The lowest BCUT2D eigenvalue weighted by atomic mass is 10.0. The van der Waals surface area contributed by atoms with Crippen LogP contribution in [0.5, 0.6) is 0 Å². The van der Waals surface area contributed by atoms with Crippen molar-refractivity contribution in [1.82, 2.24) is 9.88 Å². The molecule has 1 atom stereocenters. The van der Waals surface area contributed by atoms with Gasteiger partial charge in [-0.1, -0.05) is 140 Å². The Morgan fingerprint density at radius 2 is 1.08 bits per heavy atom. The molecule has 286 valence electrons. The van der Waals surface area contributed by atoms with E-state index >= 15 is 0 Å². The maximum Gasteiger partial charge on any atom is 0.159 e. The average Bonchev–Trinajstić information content (AvgIpc) is 3.99. The van der Waals surface area contributed by atoms with E-state index in [4.69, 9.17) is 18.8 Å². The Balaban J connectivity index is 1.04. The van der Waals surface area contributed by atoms with Crippen LogP contribution in [0.15, 0.2) is 213 Å². The second-order valence-electron chi connectivity index (χ2n) is 15.8. The number of amidine groups is 2. The van der Waals surface area contributed by atoms with Crippen molar-refractivity contribution in [2.45, 2.75) is 6.17 Å². The van der Waals surface area contributed by atoms with Gasteiger partial charge in [0, 0.05) is 49.5 Å². The summed E-state index contributed by atoms with van der Waals surface area (Å²) >= 11 is 0. The molecule has 9 aromatic carbocycles. The van der Waals surface area contributed by atoms with Gasteiger partial charge < -0.3 is 18.7 Å². The third-order valence-electron chi connectivity index (χ3n) is 12.2. The number of hydrogen-bond donors (Lipinski definition) is 1. The molecule has 0 saturated heterocycles. The van der Waals surface area contributed by atoms with Crippen molar-refractivity contribution in [3.8, 4) is 16.8 Å². The zero-order valence-electron chi connectivity index (χ0n) is 32.7. The first-order valence-electron chi connectivity index (χ1n) is 20.6. The Kier molecular flexibility index (Phi) is 7.27. The molecule has 0 saturated carbocycles. The van der Waals surface area contributed by atoms with Gasteiger partial charge in [0.25, 0.3) is 0 Å². The molecule has 13 rings (SSSR count). The summed E-state index contributed by atoms with van der Waals surface area (Å²) in [5, 5.41) is 12.8. The first kappa shape index (κ1) is 33.7. The van der Waals surface area contributed by atoms with Gasteiger partial charge in [0.1, 0.15) is 34.3 Å². The first-order valence-corrected chi connectivity index (χ1v) is 20.6. The summed E-state index contributed by atoms with van der Waals surface area (Å²) < 4.78 is 15.5. The van der Waals surface area contributed by atoms with Crippen molar-refractivity contribution < 1.29 is 8.83 Å². The van der Waals surface area contributed by atoms with Crippen LogP contribution in [0, 0.1) is 0 Å². The van der Waals surface area contributed by atoms with Gasteiger partial charge in [-0.05, 0) is 76.0 Å². The third kappa shape index (κ3) is 5.36. The maximum absolute atomic E-state index is 6.73. The minimum absolute atomic E-state index is 0.435. The minimum Gasteiger partial charge on any atom is -0.456 e. The summed E-state index contributed by atoms with van der Waals surface area (Å²) in [6, 6.07) is 68.1. The van der Waals surface area contributed by atoms with Gasteiger partial charge in [-0.3, -0.25) is 0 Å². The molecular weight excluding hydrogens is 749 g/mol. The average molecular weight is 783 g/mol. The molecule has 1 unspecified atom stereocenters. The summed E-state index contributed by atoms with van der Waals surface area (Å²) in [6.45, 7) is 0. The molecule has 0 aliphatic carbocycles. The van der Waals surface area contributed by atoms with Gasteiger partial charge in [0.2, 0.25) is 0 Å². The Hall–Kier alpha value is -8.22. The van der Waals surface area contributed by atoms with Gasteiger partial charge in [-0.2, -0.15) is 0 Å². The van der Waals surface area contributed by atoms with Gasteiger partial charge in [0.05, 0.1) is 16.7 Å². The van der Waals surface area contributed by atoms with Crippen LogP contribution in [0.1, 0.15) is 22.9 Å². The molecule has 12 aromatic rings. The van der Waals surface area contributed by atoms with Crippen LogP contribution in [-0.2, 0) is 0 Å². The number of aromatic nitrogens is 1. The Labute approximate surface area is 349 Å². The number of para-hydroxylation sites is 3. The quantitative estimate of drug-likeness (QED) is 0.189. The SMILES string of the molecule is c1ccc(-c2ccc(C3N=C(c4ccc5c(c4)oc4ccccc45)N=C(c4cc(-n5c6ccccc6c6cc7ccccc7cc65)cc5oc6ccccc6c45)N3)cc2)cc1. The summed E-state index contributed by atoms with van der Waals surface area (Å²) in [5.74, 6) is 1.32. The Bertz CT molecular complexity index is 3790. The summed E-state index contributed by atoms with van der Waals surface area (Å²) in [4.78, 5) is 10.7. The van der Waals surface area contributed by atoms with E-state index in [0.717, 1.165) is 82.9 Å². The Morgan fingerprint density at radius 1 is 0.443 bits per heavy atom. The van der Waals surface area contributed by atoms with Gasteiger partial charge in [-0.25, -0.2) is 9.98 Å². The largest absolute Gasteiger partial charge is 0.456 e. The molecule has 3 aromatic heterocycles. The fraction of sp³-hybridized carbons (Fsp3) is 0.0182. The first-order chi connectivity index (χ1) is 30.2. The standard InChI is InChI=1S/C55H34N4O2/c1-2-12-33(13-3-1)34-22-24-35(25-23-34)53-56-54(38-26-27-42-41-17-7-10-20-48(41)60-50(42)30-38)58-55(57-53)45-31-39(32-51-52(45)43-18-8-11-21-49(43)61-51)59-46-19-9-6-16-40(46)44-28-36-14-4-5-15-37(36)29-47(44)59/h1-32,53H,(H,56,57,58). The van der Waals surface area contributed by atoms with Gasteiger partial charge in [0.15, 0.2) is 5.84 Å². The second kappa shape index (κ2) is 13.1. The normalized spacial score (nSPS) is 14.4. The fourth-order valence-corrected chi connectivity index (χ4v) is 9.33. The molecule has 0 amide bonds. The molecule has 0 spiro atoms. The van der Waals surface area contributed by atoms with Crippen LogP contribution in [0.25, 0.3) is 93.3 Å². The van der Waals surface area contributed by atoms with Crippen molar-refractivity contribution in [1.29, 1.82) is 0 Å². The molecule has 0 bridgehead atoms. The van der Waals surface area contributed by atoms with E-state index in [2.05, 4.69) is 168 Å². The number of fused-ring (bicyclic) bond motifs is 10. The fourth-order valence-electron chi connectivity index (χ4n) is 9.33. The highest BCUT2D eigenvalue weighted by Gasteiger charge is 2.26. The predicted molar refractivity (Wildman–Crippen MR) is 250 cm³/mol. The molecular formula is C55H34N4O2. The van der Waals surface area contributed by atoms with Gasteiger partial charge in [-0.15, -0.1) is 0 Å². The van der Waals surface area contributed by atoms with Crippen molar-refractivity contribution in [2.24, 2.45) is 9.98 Å². The van der Waals surface area contributed by atoms with E-state index in [1.54, 1.807) is 0 Å². The molecule has 6 heteroatoms. The summed E-state index contributed by atoms with van der Waals surface area (Å²) in [5.41, 5.74) is 11.6. The number of furan rings is 2. The zero-order chi connectivity index (χ0) is 40.0. The molecule has 0 fully saturated rings. The number of aliphatic imine (C=N–C) groups is 2. The minimum atomic E-state index is -0.435. The summed E-state index contributed by atoms with van der Waals surface area (Å²) in [6.07, 6.45) is -0.435. The van der Waals surface area contributed by atoms with E-state index in [-0.39, 0.29) is 0 Å². The highest BCUT2D eigenvalue weighted by atomic mass is 16.3. The van der Waals surface area contributed by atoms with Crippen molar-refractivity contribution >= 4 is 88.1 Å². The van der Waals surface area contributed by atoms with Crippen LogP contribution in [0.4, 0.5) is 0 Å². The molecule has 61 heavy (non-hydrogen) atoms. The topological polar surface area (TPSA) is 68.0 Å². The molecule has 1 N–H and O–H groups in total. The lowest BCUT2D eigenvalue weighted by molar-refractivity contribution is 0.667. The molecule has 0 radical (unpaired) electrons. The van der Waals surface area contributed by atoms with E-state index in [1.807, 2.05) is 36.4 Å². The van der Waals surface area contributed by atoms with Crippen molar-refractivity contribution in [3.63, 3.8) is 0 Å². The van der Waals surface area contributed by atoms with E-state index in [0.29, 0.717) is 11.7 Å². The molecule has 1 aliphatic rings. The predicted octanol–water partition coefficient (Wildman–Crippen LogP) is 13.9. The third-order valence-corrected chi connectivity index (χ3v) is 12.2. The van der Waals surface area contributed by atoms with E-state index in [9.17, 15) is 0 Å². The number of hydrogen-bond acceptors (Lipinski definition) is 5. The Morgan fingerprint density at radius 3 is 1.92 bits per heavy atom.